The Kier molecular flexibility index (Phi) is 6.39. The SMILES string of the molecule is CC(C)(C)NCCCCSc1ccc(Cl)cc1. The first-order chi connectivity index (χ1) is 7.97. The monoisotopic (exact) mass is 271 g/mol. The lowest BCUT2D eigenvalue weighted by molar-refractivity contribution is 0.421. The van der Waals surface area contributed by atoms with E-state index in [1.807, 2.05) is 23.9 Å². The quantitative estimate of drug-likeness (QED) is 0.599. The van der Waals surface area contributed by atoms with Crippen molar-refractivity contribution >= 4 is 23.4 Å². The summed E-state index contributed by atoms with van der Waals surface area (Å²) in [5, 5.41) is 4.31. The van der Waals surface area contributed by atoms with E-state index in [1.54, 1.807) is 0 Å². The Labute approximate surface area is 114 Å². The smallest absolute Gasteiger partial charge is 0.0406 e. The fourth-order valence-electron chi connectivity index (χ4n) is 1.41. The van der Waals surface area contributed by atoms with Gasteiger partial charge in [-0.1, -0.05) is 11.6 Å². The summed E-state index contributed by atoms with van der Waals surface area (Å²) >= 11 is 7.74. The summed E-state index contributed by atoms with van der Waals surface area (Å²) < 4.78 is 0. The lowest BCUT2D eigenvalue weighted by Crippen LogP contribution is -2.36. The molecule has 1 aromatic rings. The standard InChI is InChI=1S/C14H22ClNS/c1-14(2,3)16-10-4-5-11-17-13-8-6-12(15)7-9-13/h6-9,16H,4-5,10-11H2,1-3H3. The van der Waals surface area contributed by atoms with Gasteiger partial charge in [-0.15, -0.1) is 11.8 Å². The molecule has 96 valence electrons. The molecule has 0 aliphatic carbocycles. The zero-order valence-electron chi connectivity index (χ0n) is 10.9. The molecule has 0 radical (unpaired) electrons. The van der Waals surface area contributed by atoms with Crippen LogP contribution >= 0.6 is 23.4 Å². The Morgan fingerprint density at radius 2 is 1.76 bits per heavy atom. The number of benzene rings is 1. The number of thioether (sulfide) groups is 1. The van der Waals surface area contributed by atoms with Gasteiger partial charge in [-0.05, 0) is 70.2 Å². The Morgan fingerprint density at radius 3 is 2.35 bits per heavy atom. The van der Waals surface area contributed by atoms with E-state index in [1.165, 1.54) is 23.5 Å². The molecule has 1 aromatic carbocycles. The highest BCUT2D eigenvalue weighted by molar-refractivity contribution is 7.99. The predicted octanol–water partition coefficient (Wildman–Crippen LogP) is 4.60. The van der Waals surface area contributed by atoms with Crippen LogP contribution in [0.5, 0.6) is 0 Å². The summed E-state index contributed by atoms with van der Waals surface area (Å²) in [7, 11) is 0. The number of unbranched alkanes of at least 4 members (excludes halogenated alkanes) is 1. The van der Waals surface area contributed by atoms with Crippen molar-refractivity contribution < 1.29 is 0 Å². The van der Waals surface area contributed by atoms with E-state index < -0.39 is 0 Å². The number of nitrogens with one attached hydrogen (secondary N) is 1. The zero-order valence-corrected chi connectivity index (χ0v) is 12.5. The second kappa shape index (κ2) is 7.30. The molecule has 0 saturated heterocycles. The average Bonchev–Trinajstić information content (AvgIpc) is 2.24. The fourth-order valence-corrected chi connectivity index (χ4v) is 2.45. The molecule has 3 heteroatoms. The van der Waals surface area contributed by atoms with Crippen LogP contribution in [0.2, 0.25) is 5.02 Å². The van der Waals surface area contributed by atoms with Crippen LogP contribution in [0, 0.1) is 0 Å². The highest BCUT2D eigenvalue weighted by Gasteiger charge is 2.06. The lowest BCUT2D eigenvalue weighted by atomic mass is 10.1. The van der Waals surface area contributed by atoms with Crippen molar-refractivity contribution in [2.24, 2.45) is 0 Å². The molecular weight excluding hydrogens is 250 g/mol. The topological polar surface area (TPSA) is 12.0 Å². The van der Waals surface area contributed by atoms with E-state index in [9.17, 15) is 0 Å². The first-order valence-electron chi connectivity index (χ1n) is 6.11. The zero-order chi connectivity index (χ0) is 12.7. The van der Waals surface area contributed by atoms with Gasteiger partial charge in [0.25, 0.3) is 0 Å². The third-order valence-electron chi connectivity index (χ3n) is 2.31. The lowest BCUT2D eigenvalue weighted by Gasteiger charge is -2.20. The van der Waals surface area contributed by atoms with Crippen molar-refractivity contribution in [3.8, 4) is 0 Å². The van der Waals surface area contributed by atoms with Crippen LogP contribution in [0.25, 0.3) is 0 Å². The number of hydrogen-bond donors (Lipinski definition) is 1. The van der Waals surface area contributed by atoms with Gasteiger partial charge in [-0.2, -0.15) is 0 Å². The van der Waals surface area contributed by atoms with Crippen LogP contribution in [-0.4, -0.2) is 17.8 Å². The second-order valence-corrected chi connectivity index (χ2v) is 6.79. The Hall–Kier alpha value is -0.180. The fraction of sp³-hybridized carbons (Fsp3) is 0.571. The summed E-state index contributed by atoms with van der Waals surface area (Å²) in [6.07, 6.45) is 2.48. The predicted molar refractivity (Wildman–Crippen MR) is 79.2 cm³/mol. The molecular formula is C14H22ClNS. The number of hydrogen-bond acceptors (Lipinski definition) is 2. The summed E-state index contributed by atoms with van der Waals surface area (Å²) in [5.41, 5.74) is 0.239. The number of rotatable bonds is 6. The second-order valence-electron chi connectivity index (χ2n) is 5.19. The molecule has 0 aliphatic heterocycles. The van der Waals surface area contributed by atoms with Gasteiger partial charge >= 0.3 is 0 Å². The average molecular weight is 272 g/mol. The molecule has 0 heterocycles. The van der Waals surface area contributed by atoms with Gasteiger partial charge < -0.3 is 5.32 Å². The van der Waals surface area contributed by atoms with Gasteiger partial charge in [0.05, 0.1) is 0 Å². The molecule has 0 fully saturated rings. The highest BCUT2D eigenvalue weighted by Crippen LogP contribution is 2.21. The van der Waals surface area contributed by atoms with E-state index >= 15 is 0 Å². The van der Waals surface area contributed by atoms with E-state index in [0.29, 0.717) is 0 Å². The molecule has 0 unspecified atom stereocenters. The van der Waals surface area contributed by atoms with Crippen LogP contribution in [0.3, 0.4) is 0 Å². The van der Waals surface area contributed by atoms with Gasteiger partial charge in [0.15, 0.2) is 0 Å². The summed E-state index contributed by atoms with van der Waals surface area (Å²) in [6, 6.07) is 8.07. The molecule has 0 spiro atoms. The summed E-state index contributed by atoms with van der Waals surface area (Å²) in [4.78, 5) is 1.30. The third-order valence-corrected chi connectivity index (χ3v) is 3.66. The van der Waals surface area contributed by atoms with Gasteiger partial charge in [-0.25, -0.2) is 0 Å². The van der Waals surface area contributed by atoms with Crippen molar-refractivity contribution in [2.75, 3.05) is 12.3 Å². The van der Waals surface area contributed by atoms with Gasteiger partial charge in [0.1, 0.15) is 0 Å². The molecule has 1 N–H and O–H groups in total. The van der Waals surface area contributed by atoms with Crippen LogP contribution in [0.1, 0.15) is 33.6 Å². The maximum atomic E-state index is 5.84. The maximum absolute atomic E-state index is 5.84. The maximum Gasteiger partial charge on any atom is 0.0406 e. The molecule has 1 rings (SSSR count). The number of halogens is 1. The van der Waals surface area contributed by atoms with Crippen molar-refractivity contribution in [1.29, 1.82) is 0 Å². The minimum Gasteiger partial charge on any atom is -0.312 e. The largest absolute Gasteiger partial charge is 0.312 e. The highest BCUT2D eigenvalue weighted by atomic mass is 35.5. The van der Waals surface area contributed by atoms with Crippen molar-refractivity contribution in [2.45, 2.75) is 44.0 Å². The van der Waals surface area contributed by atoms with Gasteiger partial charge in [0, 0.05) is 15.5 Å². The van der Waals surface area contributed by atoms with E-state index in [2.05, 4.69) is 38.2 Å². The van der Waals surface area contributed by atoms with Crippen LogP contribution in [0.15, 0.2) is 29.2 Å². The molecule has 0 atom stereocenters. The molecule has 0 bridgehead atoms. The Balaban J connectivity index is 2.07. The van der Waals surface area contributed by atoms with Gasteiger partial charge in [0.2, 0.25) is 0 Å². The first-order valence-corrected chi connectivity index (χ1v) is 7.47. The van der Waals surface area contributed by atoms with E-state index in [4.69, 9.17) is 11.6 Å². The van der Waals surface area contributed by atoms with Crippen molar-refractivity contribution in [1.82, 2.24) is 5.32 Å². The van der Waals surface area contributed by atoms with Crippen LogP contribution < -0.4 is 5.32 Å². The summed E-state index contributed by atoms with van der Waals surface area (Å²) in [6.45, 7) is 7.71. The Morgan fingerprint density at radius 1 is 1.12 bits per heavy atom. The van der Waals surface area contributed by atoms with Crippen molar-refractivity contribution in [3.63, 3.8) is 0 Å². The van der Waals surface area contributed by atoms with Crippen molar-refractivity contribution in [3.05, 3.63) is 29.3 Å². The molecule has 0 aromatic heterocycles. The minimum atomic E-state index is 0.239. The van der Waals surface area contributed by atoms with E-state index in [0.717, 1.165) is 11.6 Å². The molecule has 0 amide bonds. The summed E-state index contributed by atoms with van der Waals surface area (Å²) in [5.74, 6) is 1.17. The Bertz CT molecular complexity index is 316. The van der Waals surface area contributed by atoms with Gasteiger partial charge in [-0.3, -0.25) is 0 Å². The molecule has 1 nitrogen and oxygen atoms in total. The van der Waals surface area contributed by atoms with Crippen LogP contribution in [-0.2, 0) is 0 Å². The molecule has 0 saturated carbocycles. The normalized spacial score (nSPS) is 11.8. The first kappa shape index (κ1) is 14.9. The van der Waals surface area contributed by atoms with Crippen LogP contribution in [0.4, 0.5) is 0 Å². The third kappa shape index (κ3) is 7.69. The minimum absolute atomic E-state index is 0.239. The van der Waals surface area contributed by atoms with E-state index in [-0.39, 0.29) is 5.54 Å². The molecule has 17 heavy (non-hydrogen) atoms. The molecule has 0 aliphatic rings.